The smallest absolute Gasteiger partial charge is 0.306 e. The minimum atomic E-state index is -1.62. The number of likely N-dealkylation sites (N-methyl/N-ethyl adjacent to an activating group) is 1. The molecule has 9 nitrogen and oxygen atoms in total. The number of allylic oxidation sites excluding steroid dienone is 2. The predicted molar refractivity (Wildman–Crippen MR) is 357 cm³/mol. The fourth-order valence-electron chi connectivity index (χ4n) is 11.5. The number of carboxylic acid groups (broad SMARTS) is 1. The third kappa shape index (κ3) is 67.5. The van der Waals surface area contributed by atoms with Crippen molar-refractivity contribution in [3.8, 4) is 0 Å². The Labute approximate surface area is 523 Å². The minimum absolute atomic E-state index is 0.153. The quantitative estimate of drug-likeness (QED) is 0.0195. The van der Waals surface area contributed by atoms with E-state index in [4.69, 9.17) is 18.9 Å². The Morgan fingerprint density at radius 3 is 0.881 bits per heavy atom. The maximum atomic E-state index is 12.9. The number of quaternary nitrogens is 1. The van der Waals surface area contributed by atoms with Crippen LogP contribution in [0.1, 0.15) is 393 Å². The van der Waals surface area contributed by atoms with Gasteiger partial charge in [0.15, 0.2) is 12.4 Å². The summed E-state index contributed by atoms with van der Waals surface area (Å²) in [6.45, 7) is 4.84. The van der Waals surface area contributed by atoms with Crippen molar-refractivity contribution in [1.29, 1.82) is 0 Å². The van der Waals surface area contributed by atoms with Crippen molar-refractivity contribution >= 4 is 17.9 Å². The predicted octanol–water partition coefficient (Wildman–Crippen LogP) is 21.9. The highest BCUT2D eigenvalue weighted by Gasteiger charge is 2.22. The summed E-state index contributed by atoms with van der Waals surface area (Å²) in [4.78, 5) is 37.5. The molecular weight excluding hydrogens is 1040 g/mol. The zero-order valence-corrected chi connectivity index (χ0v) is 57.1. The first-order valence-corrected chi connectivity index (χ1v) is 37.3. The molecule has 0 spiro atoms. The third-order valence-electron chi connectivity index (χ3n) is 17.3. The Kier molecular flexibility index (Phi) is 65.4. The van der Waals surface area contributed by atoms with Gasteiger partial charge in [0.1, 0.15) is 13.2 Å². The van der Waals surface area contributed by atoms with Crippen molar-refractivity contribution in [2.75, 3.05) is 47.5 Å². The van der Waals surface area contributed by atoms with Gasteiger partial charge in [-0.25, -0.2) is 0 Å². The molecule has 0 saturated heterocycles. The van der Waals surface area contributed by atoms with Gasteiger partial charge in [-0.2, -0.15) is 0 Å². The van der Waals surface area contributed by atoms with Crippen molar-refractivity contribution in [3.05, 3.63) is 12.2 Å². The molecule has 0 rings (SSSR count). The molecule has 0 aromatic heterocycles. The van der Waals surface area contributed by atoms with E-state index in [9.17, 15) is 19.5 Å². The maximum Gasteiger partial charge on any atom is 0.306 e. The third-order valence-corrected chi connectivity index (χ3v) is 17.3. The highest BCUT2D eigenvalue weighted by Crippen LogP contribution is 2.20. The molecule has 2 atom stereocenters. The SMILES string of the molecule is CCCCCCCCCC/C=C\CCCCCCCCCCCCCCCCCCCCCCCCCCCC(=O)OC(COC(=O)CCCCCCCCCCCCCCCCCCCCCCCC)COC(OCC[N+](C)(C)C)C(=O)[O-]. The number of nitrogens with zero attached hydrogens (tertiary/aromatic N) is 1. The lowest BCUT2D eigenvalue weighted by atomic mass is 10.0. The molecular formula is C75H145NO8. The Morgan fingerprint density at radius 2 is 0.607 bits per heavy atom. The van der Waals surface area contributed by atoms with Crippen molar-refractivity contribution in [1.82, 2.24) is 0 Å². The van der Waals surface area contributed by atoms with E-state index in [2.05, 4.69) is 26.0 Å². The Bertz CT molecular complexity index is 1380. The molecule has 0 saturated carbocycles. The van der Waals surface area contributed by atoms with Crippen LogP contribution in [0.15, 0.2) is 12.2 Å². The topological polar surface area (TPSA) is 111 Å². The molecule has 0 aromatic carbocycles. The van der Waals surface area contributed by atoms with Gasteiger partial charge in [0.05, 0.1) is 40.3 Å². The summed E-state index contributed by atoms with van der Waals surface area (Å²) in [5.41, 5.74) is 0. The number of hydrogen-bond donors (Lipinski definition) is 0. The lowest BCUT2D eigenvalue weighted by Gasteiger charge is -2.26. The van der Waals surface area contributed by atoms with Crippen molar-refractivity contribution in [2.24, 2.45) is 0 Å². The van der Waals surface area contributed by atoms with Crippen LogP contribution < -0.4 is 5.11 Å². The van der Waals surface area contributed by atoms with Gasteiger partial charge in [-0.15, -0.1) is 0 Å². The first-order valence-electron chi connectivity index (χ1n) is 37.3. The molecule has 0 bridgehead atoms. The average Bonchev–Trinajstić information content (AvgIpc) is 3.55. The van der Waals surface area contributed by atoms with E-state index in [1.54, 1.807) is 0 Å². The molecule has 0 aromatic rings. The summed E-state index contributed by atoms with van der Waals surface area (Å²) in [5, 5.41) is 11.8. The number of aliphatic carboxylic acids is 1. The van der Waals surface area contributed by atoms with E-state index in [-0.39, 0.29) is 32.2 Å². The van der Waals surface area contributed by atoms with Crippen LogP contribution in [-0.2, 0) is 33.3 Å². The Balaban J connectivity index is 3.96. The van der Waals surface area contributed by atoms with Gasteiger partial charge in [-0.1, -0.05) is 353 Å². The Hall–Kier alpha value is -1.97. The van der Waals surface area contributed by atoms with Crippen molar-refractivity contribution < 1.29 is 42.9 Å². The second-order valence-corrected chi connectivity index (χ2v) is 27.0. The minimum Gasteiger partial charge on any atom is -0.545 e. The first-order chi connectivity index (χ1) is 41.1. The standard InChI is InChI=1S/C75H145NO8/c1-6-8-10-12-14-16-18-20-22-24-26-28-30-31-32-33-34-35-36-37-38-39-40-41-42-43-44-46-48-50-52-54-56-58-60-62-64-66-73(78)84-71(70-83-75(74(79)80)81-68-67-76(3,4)5)69-82-72(77)65-63-61-59-57-55-53-51-49-47-45-29-27-25-23-21-19-17-15-13-11-9-7-2/h24,26,71,75H,6-23,25,27-70H2,1-5H3/b26-24-. The summed E-state index contributed by atoms with van der Waals surface area (Å²) in [6, 6.07) is 0. The number of rotatable bonds is 71. The molecule has 498 valence electrons. The van der Waals surface area contributed by atoms with E-state index in [0.29, 0.717) is 17.4 Å². The zero-order valence-electron chi connectivity index (χ0n) is 57.1. The molecule has 0 aliphatic heterocycles. The Morgan fingerprint density at radius 1 is 0.345 bits per heavy atom. The van der Waals surface area contributed by atoms with Crippen LogP contribution in [0.5, 0.6) is 0 Å². The van der Waals surface area contributed by atoms with Gasteiger partial charge in [0, 0.05) is 12.8 Å². The van der Waals surface area contributed by atoms with Crippen LogP contribution in [0.4, 0.5) is 0 Å². The number of esters is 2. The molecule has 0 aliphatic rings. The van der Waals surface area contributed by atoms with Gasteiger partial charge in [-0.05, 0) is 38.5 Å². The van der Waals surface area contributed by atoms with Gasteiger partial charge in [-0.3, -0.25) is 9.59 Å². The zero-order chi connectivity index (χ0) is 61.2. The fraction of sp³-hybridized carbons (Fsp3) is 0.933. The monoisotopic (exact) mass is 1190 g/mol. The van der Waals surface area contributed by atoms with E-state index < -0.39 is 24.3 Å². The van der Waals surface area contributed by atoms with Crippen LogP contribution >= 0.6 is 0 Å². The number of hydrogen-bond acceptors (Lipinski definition) is 8. The van der Waals surface area contributed by atoms with Gasteiger partial charge in [0.25, 0.3) is 0 Å². The van der Waals surface area contributed by atoms with Gasteiger partial charge >= 0.3 is 11.9 Å². The number of carbonyl (C=O) groups is 3. The van der Waals surface area contributed by atoms with Crippen molar-refractivity contribution in [3.63, 3.8) is 0 Å². The summed E-state index contributed by atoms with van der Waals surface area (Å²) >= 11 is 0. The molecule has 9 heteroatoms. The second-order valence-electron chi connectivity index (χ2n) is 27.0. The summed E-state index contributed by atoms with van der Waals surface area (Å²) in [7, 11) is 5.95. The first kappa shape index (κ1) is 82.0. The van der Waals surface area contributed by atoms with Gasteiger partial charge < -0.3 is 33.3 Å². The van der Waals surface area contributed by atoms with Gasteiger partial charge in [0.2, 0.25) is 0 Å². The van der Waals surface area contributed by atoms with Crippen molar-refractivity contribution in [2.45, 2.75) is 405 Å². The number of unbranched alkanes of at least 4 members (excludes halogenated alkanes) is 54. The summed E-state index contributed by atoms with van der Waals surface area (Å²) in [5.74, 6) is -2.24. The molecule has 0 aliphatic carbocycles. The fourth-order valence-corrected chi connectivity index (χ4v) is 11.5. The number of carbonyl (C=O) groups excluding carboxylic acids is 3. The summed E-state index contributed by atoms with van der Waals surface area (Å²) in [6.07, 6.45) is 79.0. The summed E-state index contributed by atoms with van der Waals surface area (Å²) < 4.78 is 22.8. The normalized spacial score (nSPS) is 12.6. The lowest BCUT2D eigenvalue weighted by Crippen LogP contribution is -2.44. The molecule has 0 radical (unpaired) electrons. The second kappa shape index (κ2) is 67.0. The molecule has 0 amide bonds. The van der Waals surface area contributed by atoms with Crippen LogP contribution in [0.25, 0.3) is 0 Å². The van der Waals surface area contributed by atoms with Crippen LogP contribution in [0.3, 0.4) is 0 Å². The molecule has 0 N–H and O–H groups in total. The average molecular weight is 1190 g/mol. The van der Waals surface area contributed by atoms with E-state index >= 15 is 0 Å². The van der Waals surface area contributed by atoms with Crippen LogP contribution in [-0.4, -0.2) is 82.3 Å². The molecule has 84 heavy (non-hydrogen) atoms. The number of carboxylic acids is 1. The maximum absolute atomic E-state index is 12.9. The largest absolute Gasteiger partial charge is 0.545 e. The molecule has 0 fully saturated rings. The van der Waals surface area contributed by atoms with Crippen LogP contribution in [0, 0.1) is 0 Å². The molecule has 0 heterocycles. The lowest BCUT2D eigenvalue weighted by molar-refractivity contribution is -0.870. The highest BCUT2D eigenvalue weighted by molar-refractivity contribution is 5.70. The highest BCUT2D eigenvalue weighted by atomic mass is 16.7. The number of ether oxygens (including phenoxy) is 4. The van der Waals surface area contributed by atoms with E-state index in [0.717, 1.165) is 38.5 Å². The van der Waals surface area contributed by atoms with Crippen LogP contribution in [0.2, 0.25) is 0 Å². The van der Waals surface area contributed by atoms with E-state index in [1.807, 2.05) is 21.1 Å². The molecule has 2 unspecified atom stereocenters. The van der Waals surface area contributed by atoms with E-state index in [1.165, 1.54) is 327 Å².